The van der Waals surface area contributed by atoms with Crippen molar-refractivity contribution in [3.05, 3.63) is 18.4 Å². The van der Waals surface area contributed by atoms with Crippen molar-refractivity contribution in [3.63, 3.8) is 0 Å². The standard InChI is InChI=1S/C6H10O2/c1-4-5-6(7-2)8-3/h5-6H,1H2,2-3H3. The van der Waals surface area contributed by atoms with Gasteiger partial charge in [-0.2, -0.15) is 0 Å². The van der Waals surface area contributed by atoms with Crippen LogP contribution in [-0.4, -0.2) is 20.5 Å². The van der Waals surface area contributed by atoms with E-state index in [9.17, 15) is 0 Å². The average Bonchev–Trinajstić information content (AvgIpc) is 1.83. The van der Waals surface area contributed by atoms with Crippen LogP contribution in [0.15, 0.2) is 18.4 Å². The Morgan fingerprint density at radius 2 is 2.00 bits per heavy atom. The maximum atomic E-state index is 4.76. The van der Waals surface area contributed by atoms with Crippen molar-refractivity contribution in [2.24, 2.45) is 0 Å². The molecule has 0 bridgehead atoms. The van der Waals surface area contributed by atoms with Crippen LogP contribution in [0.4, 0.5) is 0 Å². The second-order valence-corrected chi connectivity index (χ2v) is 1.21. The molecule has 46 valence electrons. The first kappa shape index (κ1) is 7.44. The molecule has 0 aromatic heterocycles. The molecule has 0 aromatic rings. The lowest BCUT2D eigenvalue weighted by Gasteiger charge is -2.04. The van der Waals surface area contributed by atoms with E-state index in [0.717, 1.165) is 0 Å². The van der Waals surface area contributed by atoms with Crippen LogP contribution < -0.4 is 0 Å². The smallest absolute Gasteiger partial charge is 0.183 e. The second-order valence-electron chi connectivity index (χ2n) is 1.21. The zero-order valence-corrected chi connectivity index (χ0v) is 5.18. The largest absolute Gasteiger partial charge is 0.352 e. The first-order valence-electron chi connectivity index (χ1n) is 2.26. The molecule has 0 spiro atoms. The number of hydrogen-bond donors (Lipinski definition) is 0. The molecule has 0 aliphatic heterocycles. The van der Waals surface area contributed by atoms with Gasteiger partial charge >= 0.3 is 0 Å². The first-order chi connectivity index (χ1) is 3.85. The minimum atomic E-state index is -0.299. The third-order valence-corrected chi connectivity index (χ3v) is 0.719. The Bertz CT molecular complexity index is 88.7. The van der Waals surface area contributed by atoms with E-state index in [1.54, 1.807) is 20.3 Å². The Balaban J connectivity index is 3.52. The molecule has 0 aromatic carbocycles. The maximum Gasteiger partial charge on any atom is 0.183 e. The van der Waals surface area contributed by atoms with Gasteiger partial charge in [-0.25, -0.2) is 0 Å². The number of hydrogen-bond acceptors (Lipinski definition) is 2. The van der Waals surface area contributed by atoms with Gasteiger partial charge in [-0.15, -0.1) is 5.73 Å². The van der Waals surface area contributed by atoms with E-state index in [0.29, 0.717) is 0 Å². The van der Waals surface area contributed by atoms with Gasteiger partial charge in [-0.05, 0) is 0 Å². The van der Waals surface area contributed by atoms with Crippen molar-refractivity contribution in [2.45, 2.75) is 6.29 Å². The van der Waals surface area contributed by atoms with E-state index in [2.05, 4.69) is 12.3 Å². The highest BCUT2D eigenvalue weighted by molar-refractivity contribution is 4.79. The zero-order chi connectivity index (χ0) is 6.41. The van der Waals surface area contributed by atoms with Crippen LogP contribution in [0.25, 0.3) is 0 Å². The van der Waals surface area contributed by atoms with Gasteiger partial charge in [0.25, 0.3) is 0 Å². The first-order valence-corrected chi connectivity index (χ1v) is 2.26. The Hall–Kier alpha value is -0.560. The predicted octanol–water partition coefficient (Wildman–Crippen LogP) is 0.946. The molecule has 0 atom stereocenters. The molecule has 0 amide bonds. The summed E-state index contributed by atoms with van der Waals surface area (Å²) in [5.74, 6) is 0. The van der Waals surface area contributed by atoms with Gasteiger partial charge in [0, 0.05) is 20.3 Å². The molecule has 8 heavy (non-hydrogen) atoms. The van der Waals surface area contributed by atoms with Crippen LogP contribution in [0.2, 0.25) is 0 Å². The summed E-state index contributed by atoms with van der Waals surface area (Å²) in [6.45, 7) is 3.36. The number of methoxy groups -OCH3 is 2. The van der Waals surface area contributed by atoms with Crippen LogP contribution in [0, 0.1) is 0 Å². The van der Waals surface area contributed by atoms with Crippen molar-refractivity contribution in [3.8, 4) is 0 Å². The molecular weight excluding hydrogens is 104 g/mol. The lowest BCUT2D eigenvalue weighted by Crippen LogP contribution is -2.07. The van der Waals surface area contributed by atoms with Gasteiger partial charge in [0.05, 0.1) is 0 Å². The maximum absolute atomic E-state index is 4.76. The van der Waals surface area contributed by atoms with E-state index in [4.69, 9.17) is 9.47 Å². The van der Waals surface area contributed by atoms with Gasteiger partial charge in [-0.3, -0.25) is 0 Å². The molecule has 0 radical (unpaired) electrons. The summed E-state index contributed by atoms with van der Waals surface area (Å²) in [5, 5.41) is 0. The minimum absolute atomic E-state index is 0.299. The molecule has 0 aliphatic carbocycles. The van der Waals surface area contributed by atoms with Crippen molar-refractivity contribution < 1.29 is 9.47 Å². The van der Waals surface area contributed by atoms with E-state index in [1.807, 2.05) is 0 Å². The van der Waals surface area contributed by atoms with Crippen molar-refractivity contribution in [1.82, 2.24) is 0 Å². The van der Waals surface area contributed by atoms with Gasteiger partial charge in [0.1, 0.15) is 0 Å². The molecule has 2 heteroatoms. The lowest BCUT2D eigenvalue weighted by atomic mass is 10.6. The minimum Gasteiger partial charge on any atom is -0.352 e. The van der Waals surface area contributed by atoms with Crippen molar-refractivity contribution >= 4 is 0 Å². The van der Waals surface area contributed by atoms with Gasteiger partial charge in [-0.1, -0.05) is 6.58 Å². The SMILES string of the molecule is C=C=CC(OC)OC. The fraction of sp³-hybridized carbons (Fsp3) is 0.500. The normalized spacial score (nSPS) is 8.88. The highest BCUT2D eigenvalue weighted by Crippen LogP contribution is 1.88. The van der Waals surface area contributed by atoms with Crippen molar-refractivity contribution in [2.75, 3.05) is 14.2 Å². The van der Waals surface area contributed by atoms with Gasteiger partial charge < -0.3 is 9.47 Å². The Morgan fingerprint density at radius 1 is 1.50 bits per heavy atom. The molecule has 0 N–H and O–H groups in total. The fourth-order valence-corrected chi connectivity index (χ4v) is 0.329. The molecule has 0 saturated heterocycles. The summed E-state index contributed by atoms with van der Waals surface area (Å²) < 4.78 is 9.52. The Labute approximate surface area is 49.4 Å². The van der Waals surface area contributed by atoms with Crippen LogP contribution in [0.3, 0.4) is 0 Å². The van der Waals surface area contributed by atoms with E-state index < -0.39 is 0 Å². The molecule has 2 nitrogen and oxygen atoms in total. The molecule has 0 heterocycles. The molecule has 0 saturated carbocycles. The number of ether oxygens (including phenoxy) is 2. The third-order valence-electron chi connectivity index (χ3n) is 0.719. The lowest BCUT2D eigenvalue weighted by molar-refractivity contribution is -0.0664. The van der Waals surface area contributed by atoms with E-state index >= 15 is 0 Å². The van der Waals surface area contributed by atoms with Crippen LogP contribution in [-0.2, 0) is 9.47 Å². The predicted molar refractivity (Wildman–Crippen MR) is 31.5 cm³/mol. The second kappa shape index (κ2) is 4.60. The fourth-order valence-electron chi connectivity index (χ4n) is 0.329. The Morgan fingerprint density at radius 3 is 2.12 bits per heavy atom. The highest BCUT2D eigenvalue weighted by atomic mass is 16.7. The third kappa shape index (κ3) is 2.59. The summed E-state index contributed by atoms with van der Waals surface area (Å²) in [6, 6.07) is 0. The monoisotopic (exact) mass is 114 g/mol. The molecule has 0 aliphatic rings. The van der Waals surface area contributed by atoms with E-state index in [1.165, 1.54) is 0 Å². The highest BCUT2D eigenvalue weighted by Gasteiger charge is 1.93. The average molecular weight is 114 g/mol. The summed E-state index contributed by atoms with van der Waals surface area (Å²) >= 11 is 0. The van der Waals surface area contributed by atoms with Crippen LogP contribution >= 0.6 is 0 Å². The van der Waals surface area contributed by atoms with Crippen molar-refractivity contribution in [1.29, 1.82) is 0 Å². The van der Waals surface area contributed by atoms with E-state index in [-0.39, 0.29) is 6.29 Å². The Kier molecular flexibility index (Phi) is 4.27. The molecule has 0 rings (SSSR count). The quantitative estimate of drug-likeness (QED) is 0.401. The molecule has 0 unspecified atom stereocenters. The summed E-state index contributed by atoms with van der Waals surface area (Å²) in [7, 11) is 3.12. The zero-order valence-electron chi connectivity index (χ0n) is 5.18. The van der Waals surface area contributed by atoms with Gasteiger partial charge in [0.2, 0.25) is 0 Å². The topological polar surface area (TPSA) is 18.5 Å². The van der Waals surface area contributed by atoms with Crippen LogP contribution in [0.1, 0.15) is 0 Å². The number of rotatable bonds is 3. The summed E-state index contributed by atoms with van der Waals surface area (Å²) in [5.41, 5.74) is 2.54. The van der Waals surface area contributed by atoms with Gasteiger partial charge in [0.15, 0.2) is 6.29 Å². The summed E-state index contributed by atoms with van der Waals surface area (Å²) in [4.78, 5) is 0. The van der Waals surface area contributed by atoms with Crippen LogP contribution in [0.5, 0.6) is 0 Å². The summed E-state index contributed by atoms with van der Waals surface area (Å²) in [6.07, 6.45) is 1.30. The molecular formula is C6H10O2. The molecule has 0 fully saturated rings.